The Labute approximate surface area is 109 Å². The lowest BCUT2D eigenvalue weighted by Crippen LogP contribution is -2.00. The first kappa shape index (κ1) is 12.3. The maximum Gasteiger partial charge on any atom is 0.144 e. The molecule has 0 aliphatic carbocycles. The third-order valence-electron chi connectivity index (χ3n) is 2.31. The van der Waals surface area contributed by atoms with Gasteiger partial charge in [-0.15, -0.1) is 0 Å². The van der Waals surface area contributed by atoms with Gasteiger partial charge in [0, 0.05) is 18.0 Å². The van der Waals surface area contributed by atoms with Crippen LogP contribution >= 0.6 is 11.6 Å². The molecule has 0 saturated carbocycles. The molecule has 0 atom stereocenters. The Morgan fingerprint density at radius 2 is 2.22 bits per heavy atom. The van der Waals surface area contributed by atoms with Crippen LogP contribution in [0.15, 0.2) is 30.6 Å². The van der Waals surface area contributed by atoms with Crippen molar-refractivity contribution in [1.29, 1.82) is 5.41 Å². The second-order valence-electron chi connectivity index (χ2n) is 3.43. The molecule has 0 aliphatic heterocycles. The zero-order valence-electron chi connectivity index (χ0n) is 9.64. The molecule has 2 rings (SSSR count). The molecule has 18 heavy (non-hydrogen) atoms. The maximum absolute atomic E-state index is 7.32. The zero-order chi connectivity index (χ0) is 13.0. The van der Waals surface area contributed by atoms with Gasteiger partial charge in [0.2, 0.25) is 0 Å². The minimum atomic E-state index is 0.241. The molecule has 0 spiro atoms. The minimum Gasteiger partial charge on any atom is -0.497 e. The number of ether oxygens (including phenoxy) is 1. The van der Waals surface area contributed by atoms with Crippen molar-refractivity contribution in [3.63, 3.8) is 0 Å². The lowest BCUT2D eigenvalue weighted by molar-refractivity contribution is 0.415. The van der Waals surface area contributed by atoms with E-state index in [4.69, 9.17) is 21.7 Å². The fraction of sp³-hybridized carbons (Fsp3) is 0.0833. The molecule has 1 aromatic heterocycles. The summed E-state index contributed by atoms with van der Waals surface area (Å²) in [5, 5.41) is 10.6. The number of anilines is 2. The van der Waals surface area contributed by atoms with Gasteiger partial charge >= 0.3 is 0 Å². The predicted octanol–water partition coefficient (Wildman–Crippen LogP) is 2.88. The largest absolute Gasteiger partial charge is 0.497 e. The number of nitrogens with zero attached hydrogens (tertiary/aromatic N) is 2. The average Bonchev–Trinajstić information content (AvgIpc) is 2.39. The molecule has 1 aromatic carbocycles. The van der Waals surface area contributed by atoms with Crippen molar-refractivity contribution in [3.05, 3.63) is 41.3 Å². The van der Waals surface area contributed by atoms with Crippen LogP contribution in [0, 0.1) is 5.41 Å². The van der Waals surface area contributed by atoms with Crippen LogP contribution in [-0.2, 0) is 0 Å². The van der Waals surface area contributed by atoms with E-state index < -0.39 is 0 Å². The standard InChI is InChI=1S/C12H11ClN4O/c1-18-9-4-2-3-8(5-9)17-12-10(6-14)11(13)15-7-16-12/h2-7,14H,1H3,(H,15,16,17). The SMILES string of the molecule is COc1cccc(Nc2ncnc(Cl)c2C=N)c1. The topological polar surface area (TPSA) is 70.9 Å². The second-order valence-corrected chi connectivity index (χ2v) is 3.79. The first-order valence-corrected chi connectivity index (χ1v) is 5.54. The van der Waals surface area contributed by atoms with Crippen molar-refractivity contribution in [2.24, 2.45) is 0 Å². The fourth-order valence-electron chi connectivity index (χ4n) is 1.44. The van der Waals surface area contributed by atoms with Crippen molar-refractivity contribution in [2.75, 3.05) is 12.4 Å². The summed E-state index contributed by atoms with van der Waals surface area (Å²) in [7, 11) is 1.60. The molecule has 0 saturated heterocycles. The van der Waals surface area contributed by atoms with Gasteiger partial charge in [-0.2, -0.15) is 0 Å². The van der Waals surface area contributed by atoms with Crippen LogP contribution in [0.1, 0.15) is 5.56 Å². The van der Waals surface area contributed by atoms with Crippen LogP contribution in [-0.4, -0.2) is 23.3 Å². The van der Waals surface area contributed by atoms with Crippen molar-refractivity contribution in [1.82, 2.24) is 9.97 Å². The Morgan fingerprint density at radius 1 is 1.39 bits per heavy atom. The molecule has 2 aromatic rings. The van der Waals surface area contributed by atoms with Crippen LogP contribution in [0.4, 0.5) is 11.5 Å². The van der Waals surface area contributed by atoms with Crippen molar-refractivity contribution >= 4 is 29.3 Å². The Hall–Kier alpha value is -2.14. The minimum absolute atomic E-state index is 0.241. The van der Waals surface area contributed by atoms with Crippen LogP contribution < -0.4 is 10.1 Å². The third-order valence-corrected chi connectivity index (χ3v) is 2.61. The van der Waals surface area contributed by atoms with Gasteiger partial charge in [-0.3, -0.25) is 0 Å². The Balaban J connectivity index is 2.33. The van der Waals surface area contributed by atoms with E-state index >= 15 is 0 Å². The molecule has 92 valence electrons. The van der Waals surface area contributed by atoms with Crippen molar-refractivity contribution in [3.8, 4) is 5.75 Å². The number of hydrogen-bond donors (Lipinski definition) is 2. The van der Waals surface area contributed by atoms with E-state index in [1.807, 2.05) is 24.3 Å². The highest BCUT2D eigenvalue weighted by molar-refractivity contribution is 6.32. The quantitative estimate of drug-likeness (QED) is 0.657. The van der Waals surface area contributed by atoms with E-state index in [1.54, 1.807) is 7.11 Å². The second kappa shape index (κ2) is 5.46. The van der Waals surface area contributed by atoms with Gasteiger partial charge in [0.25, 0.3) is 0 Å². The summed E-state index contributed by atoms with van der Waals surface area (Å²) < 4.78 is 5.13. The third kappa shape index (κ3) is 2.57. The first-order valence-electron chi connectivity index (χ1n) is 5.16. The van der Waals surface area contributed by atoms with Crippen LogP contribution in [0.2, 0.25) is 5.15 Å². The molecule has 2 N–H and O–H groups in total. The number of nitrogens with one attached hydrogen (secondary N) is 2. The molecule has 0 radical (unpaired) electrons. The van der Waals surface area contributed by atoms with Gasteiger partial charge < -0.3 is 15.5 Å². The smallest absolute Gasteiger partial charge is 0.144 e. The van der Waals surface area contributed by atoms with E-state index in [2.05, 4.69) is 15.3 Å². The molecular formula is C12H11ClN4O. The summed E-state index contributed by atoms with van der Waals surface area (Å²) in [6, 6.07) is 7.39. The van der Waals surface area contributed by atoms with E-state index in [9.17, 15) is 0 Å². The summed E-state index contributed by atoms with van der Waals surface area (Å²) in [6.45, 7) is 0. The Kier molecular flexibility index (Phi) is 3.74. The summed E-state index contributed by atoms with van der Waals surface area (Å²) in [6.07, 6.45) is 2.46. The van der Waals surface area contributed by atoms with Gasteiger partial charge in [0.05, 0.1) is 12.7 Å². The van der Waals surface area contributed by atoms with Crippen molar-refractivity contribution in [2.45, 2.75) is 0 Å². The molecule has 0 amide bonds. The molecular weight excluding hydrogens is 252 g/mol. The molecule has 5 nitrogen and oxygen atoms in total. The molecule has 0 unspecified atom stereocenters. The Bertz CT molecular complexity index is 574. The van der Waals surface area contributed by atoms with E-state index in [-0.39, 0.29) is 5.15 Å². The lowest BCUT2D eigenvalue weighted by atomic mass is 10.2. The number of hydrogen-bond acceptors (Lipinski definition) is 5. The number of rotatable bonds is 4. The van der Waals surface area contributed by atoms with Gasteiger partial charge in [-0.25, -0.2) is 9.97 Å². The summed E-state index contributed by atoms with van der Waals surface area (Å²) >= 11 is 5.89. The summed E-state index contributed by atoms with van der Waals surface area (Å²) in [5.41, 5.74) is 1.24. The van der Waals surface area contributed by atoms with Crippen LogP contribution in [0.3, 0.4) is 0 Å². The molecule has 1 heterocycles. The predicted molar refractivity (Wildman–Crippen MR) is 71.2 cm³/mol. The van der Waals surface area contributed by atoms with E-state index in [0.29, 0.717) is 11.4 Å². The molecule has 0 bridgehead atoms. The fourth-order valence-corrected chi connectivity index (χ4v) is 1.63. The number of methoxy groups -OCH3 is 1. The summed E-state index contributed by atoms with van der Waals surface area (Å²) in [5.74, 6) is 1.22. The van der Waals surface area contributed by atoms with Gasteiger partial charge in [0.15, 0.2) is 0 Å². The normalized spacial score (nSPS) is 9.89. The molecule has 0 fully saturated rings. The maximum atomic E-state index is 7.32. The lowest BCUT2D eigenvalue weighted by Gasteiger charge is -2.09. The number of benzene rings is 1. The van der Waals surface area contributed by atoms with Gasteiger partial charge in [0.1, 0.15) is 23.0 Å². The Morgan fingerprint density at radius 3 is 2.94 bits per heavy atom. The monoisotopic (exact) mass is 262 g/mol. The first-order chi connectivity index (χ1) is 8.74. The van der Waals surface area contributed by atoms with Crippen LogP contribution in [0.5, 0.6) is 5.75 Å². The highest BCUT2D eigenvalue weighted by atomic mass is 35.5. The van der Waals surface area contributed by atoms with Gasteiger partial charge in [-0.1, -0.05) is 17.7 Å². The van der Waals surface area contributed by atoms with E-state index in [1.165, 1.54) is 6.33 Å². The average molecular weight is 263 g/mol. The molecule has 0 aliphatic rings. The molecule has 6 heteroatoms. The summed E-state index contributed by atoms with van der Waals surface area (Å²) in [4.78, 5) is 7.89. The van der Waals surface area contributed by atoms with E-state index in [0.717, 1.165) is 17.7 Å². The number of halogens is 1. The zero-order valence-corrected chi connectivity index (χ0v) is 10.4. The highest BCUT2D eigenvalue weighted by Crippen LogP contribution is 2.23. The number of aromatic nitrogens is 2. The van der Waals surface area contributed by atoms with Gasteiger partial charge in [-0.05, 0) is 12.1 Å². The highest BCUT2D eigenvalue weighted by Gasteiger charge is 2.07. The van der Waals surface area contributed by atoms with Crippen molar-refractivity contribution < 1.29 is 4.74 Å². The van der Waals surface area contributed by atoms with Crippen LogP contribution in [0.25, 0.3) is 0 Å².